The van der Waals surface area contributed by atoms with Gasteiger partial charge in [0.25, 0.3) is 0 Å². The molecule has 2 N–H and O–H groups in total. The first-order chi connectivity index (χ1) is 9.24. The number of ketones is 1. The summed E-state index contributed by atoms with van der Waals surface area (Å²) in [5, 5.41) is 0. The van der Waals surface area contributed by atoms with Crippen LogP contribution >= 0.6 is 0 Å². The van der Waals surface area contributed by atoms with E-state index in [2.05, 4.69) is 0 Å². The van der Waals surface area contributed by atoms with Crippen LogP contribution in [0.15, 0.2) is 54.1 Å². The van der Waals surface area contributed by atoms with Gasteiger partial charge in [0.1, 0.15) is 0 Å². The maximum absolute atomic E-state index is 12.4. The maximum atomic E-state index is 12.4. The molecule has 1 aliphatic rings. The molecule has 3 rings (SSSR count). The van der Waals surface area contributed by atoms with Crippen LogP contribution in [-0.4, -0.2) is 5.78 Å². The van der Waals surface area contributed by atoms with Crippen LogP contribution < -0.4 is 5.73 Å². The van der Waals surface area contributed by atoms with E-state index in [4.69, 9.17) is 5.73 Å². The zero-order chi connectivity index (χ0) is 13.2. The fourth-order valence-corrected chi connectivity index (χ4v) is 2.45. The first-order valence-electron chi connectivity index (χ1n) is 6.43. The Kier molecular flexibility index (Phi) is 2.92. The first-order valence-corrected chi connectivity index (χ1v) is 6.43. The van der Waals surface area contributed by atoms with Gasteiger partial charge in [0, 0.05) is 16.8 Å². The fourth-order valence-electron chi connectivity index (χ4n) is 2.45. The van der Waals surface area contributed by atoms with Gasteiger partial charge in [-0.1, -0.05) is 36.4 Å². The normalized spacial score (nSPS) is 16.4. The number of hydrogen-bond acceptors (Lipinski definition) is 2. The van der Waals surface area contributed by atoms with E-state index in [1.54, 1.807) is 0 Å². The van der Waals surface area contributed by atoms with E-state index < -0.39 is 0 Å². The number of Topliss-reactive ketones (excluding diaryl/α,β-unsaturated/α-hetero) is 1. The molecule has 2 heteroatoms. The summed E-state index contributed by atoms with van der Waals surface area (Å²) < 4.78 is 0. The third kappa shape index (κ3) is 2.29. The van der Waals surface area contributed by atoms with E-state index in [-0.39, 0.29) is 5.78 Å². The highest BCUT2D eigenvalue weighted by atomic mass is 16.1. The minimum atomic E-state index is 0.152. The molecular formula is C17H15NO. The lowest BCUT2D eigenvalue weighted by Crippen LogP contribution is -2.13. The molecule has 2 aromatic carbocycles. The number of aryl methyl sites for hydroxylation is 1. The highest BCUT2D eigenvalue weighted by Crippen LogP contribution is 2.26. The van der Waals surface area contributed by atoms with E-state index in [0.29, 0.717) is 0 Å². The highest BCUT2D eigenvalue weighted by Gasteiger charge is 2.20. The minimum absolute atomic E-state index is 0.152. The third-order valence-corrected chi connectivity index (χ3v) is 3.49. The second kappa shape index (κ2) is 4.73. The van der Waals surface area contributed by atoms with Gasteiger partial charge in [-0.05, 0) is 42.2 Å². The summed E-state index contributed by atoms with van der Waals surface area (Å²) in [5.41, 5.74) is 10.3. The molecule has 0 saturated heterocycles. The smallest absolute Gasteiger partial charge is 0.189 e. The van der Waals surface area contributed by atoms with Crippen molar-refractivity contribution in [3.8, 4) is 0 Å². The van der Waals surface area contributed by atoms with Crippen LogP contribution in [0.25, 0.3) is 6.08 Å². The highest BCUT2D eigenvalue weighted by molar-refractivity contribution is 6.13. The number of anilines is 1. The molecule has 19 heavy (non-hydrogen) atoms. The Labute approximate surface area is 112 Å². The van der Waals surface area contributed by atoms with Gasteiger partial charge in [0.2, 0.25) is 0 Å². The van der Waals surface area contributed by atoms with Gasteiger partial charge in [0.15, 0.2) is 5.78 Å². The minimum Gasteiger partial charge on any atom is -0.399 e. The number of allylic oxidation sites excluding steroid dienone is 1. The Morgan fingerprint density at radius 1 is 0.947 bits per heavy atom. The third-order valence-electron chi connectivity index (χ3n) is 3.49. The lowest BCUT2D eigenvalue weighted by atomic mass is 9.86. The van der Waals surface area contributed by atoms with Crippen LogP contribution in [0.4, 0.5) is 5.69 Å². The van der Waals surface area contributed by atoms with Gasteiger partial charge in [-0.2, -0.15) is 0 Å². The number of carbonyl (C=O) groups is 1. The number of carbonyl (C=O) groups excluding carboxylic acids is 1. The van der Waals surface area contributed by atoms with Crippen molar-refractivity contribution < 1.29 is 4.79 Å². The zero-order valence-corrected chi connectivity index (χ0v) is 10.6. The Bertz CT molecular complexity index is 653. The summed E-state index contributed by atoms with van der Waals surface area (Å²) in [6.45, 7) is 0. The summed E-state index contributed by atoms with van der Waals surface area (Å²) in [7, 11) is 0. The topological polar surface area (TPSA) is 43.1 Å². The summed E-state index contributed by atoms with van der Waals surface area (Å²) in [6, 6.07) is 15.4. The molecule has 2 nitrogen and oxygen atoms in total. The second-order valence-electron chi connectivity index (χ2n) is 4.82. The molecule has 0 amide bonds. The number of fused-ring (bicyclic) bond motifs is 1. The van der Waals surface area contributed by atoms with Gasteiger partial charge >= 0.3 is 0 Å². The van der Waals surface area contributed by atoms with Crippen LogP contribution in [0.5, 0.6) is 0 Å². The van der Waals surface area contributed by atoms with E-state index in [0.717, 1.165) is 40.8 Å². The fraction of sp³-hybridized carbons (Fsp3) is 0.118. The Hall–Kier alpha value is -2.35. The first kappa shape index (κ1) is 11.7. The number of nitrogen functional groups attached to an aromatic ring is 1. The van der Waals surface area contributed by atoms with Gasteiger partial charge in [-0.15, -0.1) is 0 Å². The second-order valence-corrected chi connectivity index (χ2v) is 4.82. The quantitative estimate of drug-likeness (QED) is 0.621. The molecule has 0 spiro atoms. The van der Waals surface area contributed by atoms with Crippen molar-refractivity contribution in [3.63, 3.8) is 0 Å². The largest absolute Gasteiger partial charge is 0.399 e. The summed E-state index contributed by atoms with van der Waals surface area (Å²) in [6.07, 6.45) is 3.71. The molecule has 0 unspecified atom stereocenters. The van der Waals surface area contributed by atoms with Crippen molar-refractivity contribution in [1.82, 2.24) is 0 Å². The molecular weight excluding hydrogens is 234 g/mol. The Balaban J connectivity index is 1.96. The molecule has 0 radical (unpaired) electrons. The molecule has 0 saturated carbocycles. The van der Waals surface area contributed by atoms with Crippen LogP contribution in [0.3, 0.4) is 0 Å². The Morgan fingerprint density at radius 2 is 1.68 bits per heavy atom. The molecule has 0 heterocycles. The summed E-state index contributed by atoms with van der Waals surface area (Å²) in [4.78, 5) is 12.4. The van der Waals surface area contributed by atoms with Crippen LogP contribution in [0, 0.1) is 0 Å². The van der Waals surface area contributed by atoms with Gasteiger partial charge in [-0.25, -0.2) is 0 Å². The van der Waals surface area contributed by atoms with Crippen molar-refractivity contribution in [3.05, 3.63) is 70.8 Å². The van der Waals surface area contributed by atoms with E-state index >= 15 is 0 Å². The molecule has 0 atom stereocenters. The van der Waals surface area contributed by atoms with Crippen molar-refractivity contribution in [2.75, 3.05) is 5.73 Å². The van der Waals surface area contributed by atoms with Gasteiger partial charge in [0.05, 0.1) is 0 Å². The van der Waals surface area contributed by atoms with Gasteiger partial charge in [-0.3, -0.25) is 4.79 Å². The molecule has 2 aromatic rings. The predicted molar refractivity (Wildman–Crippen MR) is 77.9 cm³/mol. The number of rotatable bonds is 1. The van der Waals surface area contributed by atoms with Crippen LogP contribution in [0.1, 0.15) is 27.9 Å². The van der Waals surface area contributed by atoms with Gasteiger partial charge < -0.3 is 5.73 Å². The number of hydrogen-bond donors (Lipinski definition) is 1. The number of benzene rings is 2. The maximum Gasteiger partial charge on any atom is 0.189 e. The number of nitrogens with two attached hydrogens (primary N) is 1. The Morgan fingerprint density at radius 3 is 2.47 bits per heavy atom. The van der Waals surface area contributed by atoms with Crippen molar-refractivity contribution in [2.45, 2.75) is 12.8 Å². The molecule has 0 aliphatic heterocycles. The summed E-state index contributed by atoms with van der Waals surface area (Å²) >= 11 is 0. The van der Waals surface area contributed by atoms with Crippen molar-refractivity contribution >= 4 is 17.5 Å². The molecule has 0 aromatic heterocycles. The molecule has 0 bridgehead atoms. The SMILES string of the molecule is Nc1ccc(/C=C2\CCc3ccccc3C2=O)cc1. The molecule has 1 aliphatic carbocycles. The molecule has 94 valence electrons. The van der Waals surface area contributed by atoms with E-state index in [1.165, 1.54) is 0 Å². The van der Waals surface area contributed by atoms with Crippen molar-refractivity contribution in [1.29, 1.82) is 0 Å². The average Bonchev–Trinajstić information content (AvgIpc) is 2.45. The molecule has 0 fully saturated rings. The summed E-state index contributed by atoms with van der Waals surface area (Å²) in [5.74, 6) is 0.152. The standard InChI is InChI=1S/C17H15NO/c18-15-9-5-12(6-10-15)11-14-8-7-13-3-1-2-4-16(13)17(14)19/h1-6,9-11H,7-8,18H2/b14-11+. The predicted octanol–water partition coefficient (Wildman–Crippen LogP) is 3.48. The van der Waals surface area contributed by atoms with Crippen molar-refractivity contribution in [2.24, 2.45) is 0 Å². The van der Waals surface area contributed by atoms with Crippen LogP contribution in [0.2, 0.25) is 0 Å². The lowest BCUT2D eigenvalue weighted by Gasteiger charge is -2.17. The average molecular weight is 249 g/mol. The zero-order valence-electron chi connectivity index (χ0n) is 10.6. The monoisotopic (exact) mass is 249 g/mol. The van der Waals surface area contributed by atoms with E-state index in [1.807, 2.05) is 54.6 Å². The lowest BCUT2D eigenvalue weighted by molar-refractivity contribution is 0.102. The van der Waals surface area contributed by atoms with Crippen LogP contribution in [-0.2, 0) is 6.42 Å². The van der Waals surface area contributed by atoms with E-state index in [9.17, 15) is 4.79 Å².